The largest absolute Gasteiger partial charge is 0.317 e. The number of likely N-dealkylation sites (tertiary alicyclic amines) is 1. The lowest BCUT2D eigenvalue weighted by Crippen LogP contribution is -2.31. The molecule has 3 aromatic rings. The van der Waals surface area contributed by atoms with Crippen LogP contribution in [-0.4, -0.2) is 67.5 Å². The second-order valence-electron chi connectivity index (χ2n) is 11.9. The summed E-state index contributed by atoms with van der Waals surface area (Å²) < 4.78 is 6.15. The number of aromatic nitrogens is 6. The number of hydrogen-bond acceptors (Lipinski definition) is 5. The topological polar surface area (TPSA) is 68.7 Å². The van der Waals surface area contributed by atoms with E-state index in [9.17, 15) is 0 Å². The first-order valence-electron chi connectivity index (χ1n) is 14.6. The summed E-state index contributed by atoms with van der Waals surface area (Å²) in [6, 6.07) is 1.23. The Morgan fingerprint density at radius 3 is 1.42 bits per heavy atom. The second-order valence-corrected chi connectivity index (χ2v) is 11.9. The van der Waals surface area contributed by atoms with Crippen LogP contribution < -0.4 is 5.32 Å². The van der Waals surface area contributed by atoms with Crippen LogP contribution in [0, 0.1) is 0 Å². The molecule has 212 valence electrons. The van der Waals surface area contributed by atoms with Gasteiger partial charge in [0.25, 0.3) is 0 Å². The van der Waals surface area contributed by atoms with Crippen molar-refractivity contribution in [3.8, 4) is 0 Å². The monoisotopic (exact) mass is 524 g/mol. The maximum absolute atomic E-state index is 4.48. The molecule has 0 saturated carbocycles. The maximum atomic E-state index is 4.48. The zero-order chi connectivity index (χ0) is 27.7. The fourth-order valence-electron chi connectivity index (χ4n) is 4.77. The smallest absolute Gasteiger partial charge is 0.0543 e. The van der Waals surface area contributed by atoms with E-state index in [1.165, 1.54) is 55.5 Å². The molecule has 8 heteroatoms. The summed E-state index contributed by atoms with van der Waals surface area (Å²) in [6.07, 6.45) is 17.3. The van der Waals surface area contributed by atoms with E-state index in [-0.39, 0.29) is 0 Å². The van der Waals surface area contributed by atoms with E-state index in [1.807, 2.05) is 36.5 Å². The molecule has 3 aromatic heterocycles. The molecule has 38 heavy (non-hydrogen) atoms. The SMILES string of the molecule is CC(C)c1cnn(C)c1.CC(C)c1cnn(C2CCN(C)CC2)c1.CC(C)c1cnn(C2CCNCC2)c1. The molecule has 5 heterocycles. The standard InChI is InChI=1S/C12H21N3.C11H19N3.C7H12N2/c1-10(2)11-8-13-15(9-11)12-4-6-14(3)7-5-12;1-9(2)10-7-13-14(8-10)11-3-5-12-6-4-11;1-6(2)7-4-8-9(3)5-7/h8-10,12H,4-7H2,1-3H3;7-9,11-12H,3-6H2,1-2H3;4-6H,1-3H3. The van der Waals surface area contributed by atoms with Crippen LogP contribution in [0.3, 0.4) is 0 Å². The molecule has 0 bridgehead atoms. The van der Waals surface area contributed by atoms with Crippen LogP contribution in [0.15, 0.2) is 37.2 Å². The quantitative estimate of drug-likeness (QED) is 0.460. The minimum atomic E-state index is 0.588. The minimum absolute atomic E-state index is 0.588. The van der Waals surface area contributed by atoms with E-state index in [0.717, 1.165) is 13.1 Å². The maximum Gasteiger partial charge on any atom is 0.0543 e. The molecular formula is C30H52N8. The highest BCUT2D eigenvalue weighted by molar-refractivity contribution is 5.10. The van der Waals surface area contributed by atoms with Crippen molar-refractivity contribution in [2.24, 2.45) is 7.05 Å². The molecule has 0 aliphatic carbocycles. The number of nitrogens with one attached hydrogen (secondary N) is 1. The van der Waals surface area contributed by atoms with Crippen LogP contribution in [0.2, 0.25) is 0 Å². The Morgan fingerprint density at radius 1 is 0.632 bits per heavy atom. The van der Waals surface area contributed by atoms with Gasteiger partial charge in [-0.05, 0) is 93.4 Å². The fourth-order valence-corrected chi connectivity index (χ4v) is 4.77. The van der Waals surface area contributed by atoms with Crippen molar-refractivity contribution in [3.05, 3.63) is 53.9 Å². The number of piperidine rings is 2. The lowest BCUT2D eigenvalue weighted by Gasteiger charge is -2.29. The van der Waals surface area contributed by atoms with Crippen LogP contribution >= 0.6 is 0 Å². The van der Waals surface area contributed by atoms with Gasteiger partial charge in [0.05, 0.1) is 30.7 Å². The molecule has 5 rings (SSSR count). The number of nitrogens with zero attached hydrogens (tertiary/aromatic N) is 7. The van der Waals surface area contributed by atoms with Gasteiger partial charge in [0.1, 0.15) is 0 Å². The number of hydrogen-bond donors (Lipinski definition) is 1. The molecular weight excluding hydrogens is 472 g/mol. The highest BCUT2D eigenvalue weighted by Crippen LogP contribution is 2.23. The summed E-state index contributed by atoms with van der Waals surface area (Å²) in [5.74, 6) is 1.77. The van der Waals surface area contributed by atoms with Gasteiger partial charge >= 0.3 is 0 Å². The second kappa shape index (κ2) is 14.6. The summed E-state index contributed by atoms with van der Waals surface area (Å²) in [6.45, 7) is 17.8. The molecule has 2 aliphatic heterocycles. The molecule has 0 atom stereocenters. The van der Waals surface area contributed by atoms with Gasteiger partial charge in [-0.2, -0.15) is 15.3 Å². The van der Waals surface area contributed by atoms with Crippen molar-refractivity contribution < 1.29 is 0 Å². The first kappa shape index (κ1) is 30.1. The van der Waals surface area contributed by atoms with Gasteiger partial charge in [0, 0.05) is 25.6 Å². The normalized spacial score (nSPS) is 17.4. The Labute approximate surface area is 230 Å². The summed E-state index contributed by atoms with van der Waals surface area (Å²) >= 11 is 0. The molecule has 2 saturated heterocycles. The first-order chi connectivity index (χ1) is 18.1. The van der Waals surface area contributed by atoms with Gasteiger partial charge in [-0.25, -0.2) is 0 Å². The molecule has 2 fully saturated rings. The molecule has 0 unspecified atom stereocenters. The third kappa shape index (κ3) is 9.09. The van der Waals surface area contributed by atoms with Gasteiger partial charge < -0.3 is 10.2 Å². The Hall–Kier alpha value is -2.45. The zero-order valence-electron chi connectivity index (χ0n) is 25.1. The van der Waals surface area contributed by atoms with Crippen LogP contribution in [0.25, 0.3) is 0 Å². The van der Waals surface area contributed by atoms with Crippen molar-refractivity contribution >= 4 is 0 Å². The van der Waals surface area contributed by atoms with Crippen LogP contribution in [-0.2, 0) is 7.05 Å². The molecule has 0 spiro atoms. The predicted molar refractivity (Wildman–Crippen MR) is 157 cm³/mol. The van der Waals surface area contributed by atoms with E-state index in [2.05, 4.69) is 95.9 Å². The lowest BCUT2D eigenvalue weighted by atomic mass is 10.1. The molecule has 1 N–H and O–H groups in total. The molecule has 0 amide bonds. The van der Waals surface area contributed by atoms with Crippen LogP contribution in [0.4, 0.5) is 0 Å². The third-order valence-corrected chi connectivity index (χ3v) is 7.71. The highest BCUT2D eigenvalue weighted by atomic mass is 15.3. The average molecular weight is 525 g/mol. The minimum Gasteiger partial charge on any atom is -0.317 e. The lowest BCUT2D eigenvalue weighted by molar-refractivity contribution is 0.212. The number of aryl methyl sites for hydroxylation is 1. The van der Waals surface area contributed by atoms with E-state index in [4.69, 9.17) is 0 Å². The van der Waals surface area contributed by atoms with Gasteiger partial charge in [-0.15, -0.1) is 0 Å². The Bertz CT molecular complexity index is 1050. The highest BCUT2D eigenvalue weighted by Gasteiger charge is 2.19. The fraction of sp³-hybridized carbons (Fsp3) is 0.700. The van der Waals surface area contributed by atoms with Gasteiger partial charge in [0.2, 0.25) is 0 Å². The first-order valence-corrected chi connectivity index (χ1v) is 14.6. The van der Waals surface area contributed by atoms with E-state index < -0.39 is 0 Å². The molecule has 0 radical (unpaired) electrons. The predicted octanol–water partition coefficient (Wildman–Crippen LogP) is 5.75. The van der Waals surface area contributed by atoms with Crippen molar-refractivity contribution in [2.45, 2.75) is 97.1 Å². The van der Waals surface area contributed by atoms with Gasteiger partial charge in [-0.1, -0.05) is 41.5 Å². The molecule has 2 aliphatic rings. The number of rotatable bonds is 5. The van der Waals surface area contributed by atoms with E-state index in [0.29, 0.717) is 29.8 Å². The Kier molecular flexibility index (Phi) is 11.6. The molecule has 0 aromatic carbocycles. The Morgan fingerprint density at radius 2 is 1.05 bits per heavy atom. The molecule has 8 nitrogen and oxygen atoms in total. The summed E-state index contributed by atoms with van der Waals surface area (Å²) in [5, 5.41) is 16.4. The van der Waals surface area contributed by atoms with Crippen LogP contribution in [0.5, 0.6) is 0 Å². The Balaban J connectivity index is 0.000000163. The zero-order valence-corrected chi connectivity index (χ0v) is 25.1. The van der Waals surface area contributed by atoms with Crippen molar-refractivity contribution in [2.75, 3.05) is 33.2 Å². The average Bonchev–Trinajstić information content (AvgIpc) is 3.67. The summed E-state index contributed by atoms with van der Waals surface area (Å²) in [5.41, 5.74) is 4.01. The van der Waals surface area contributed by atoms with E-state index >= 15 is 0 Å². The summed E-state index contributed by atoms with van der Waals surface area (Å²) in [4.78, 5) is 2.39. The van der Waals surface area contributed by atoms with Gasteiger partial charge in [0.15, 0.2) is 0 Å². The summed E-state index contributed by atoms with van der Waals surface area (Å²) in [7, 11) is 4.13. The van der Waals surface area contributed by atoms with Crippen molar-refractivity contribution in [1.29, 1.82) is 0 Å². The van der Waals surface area contributed by atoms with E-state index in [1.54, 1.807) is 0 Å². The van der Waals surface area contributed by atoms with Crippen molar-refractivity contribution in [3.63, 3.8) is 0 Å². The van der Waals surface area contributed by atoms with Crippen LogP contribution in [0.1, 0.15) is 114 Å². The van der Waals surface area contributed by atoms with Gasteiger partial charge in [-0.3, -0.25) is 14.0 Å². The third-order valence-electron chi connectivity index (χ3n) is 7.71. The van der Waals surface area contributed by atoms with Crippen molar-refractivity contribution in [1.82, 2.24) is 39.6 Å².